The summed E-state index contributed by atoms with van der Waals surface area (Å²) >= 11 is 0. The first-order valence-electron chi connectivity index (χ1n) is 6.97. The van der Waals surface area contributed by atoms with Crippen LogP contribution in [0.15, 0.2) is 15.7 Å². The Hall–Kier alpha value is -2.05. The SMILES string of the molecule is CCCCNC(=O)Nc1cc(=O)n(CCCC)c(=O)[nH]1. The van der Waals surface area contributed by atoms with Crippen molar-refractivity contribution in [3.63, 3.8) is 0 Å². The van der Waals surface area contributed by atoms with Crippen molar-refractivity contribution >= 4 is 11.8 Å². The Morgan fingerprint density at radius 3 is 2.55 bits per heavy atom. The van der Waals surface area contributed by atoms with E-state index in [1.54, 1.807) is 0 Å². The number of anilines is 1. The van der Waals surface area contributed by atoms with Crippen LogP contribution in [0.5, 0.6) is 0 Å². The third-order valence-corrected chi connectivity index (χ3v) is 2.82. The van der Waals surface area contributed by atoms with Gasteiger partial charge >= 0.3 is 11.7 Å². The Bertz CT molecular complexity index is 516. The van der Waals surface area contributed by atoms with Gasteiger partial charge in [0.2, 0.25) is 0 Å². The van der Waals surface area contributed by atoms with Gasteiger partial charge < -0.3 is 5.32 Å². The predicted molar refractivity (Wildman–Crippen MR) is 78.2 cm³/mol. The van der Waals surface area contributed by atoms with Gasteiger partial charge in [-0.05, 0) is 12.8 Å². The van der Waals surface area contributed by atoms with Crippen LogP contribution < -0.4 is 21.9 Å². The van der Waals surface area contributed by atoms with Crippen LogP contribution in [0.1, 0.15) is 39.5 Å². The number of amides is 2. The molecule has 0 unspecified atom stereocenters. The second kappa shape index (κ2) is 8.19. The lowest BCUT2D eigenvalue weighted by Gasteiger charge is -2.08. The molecule has 0 aliphatic rings. The topological polar surface area (TPSA) is 96.0 Å². The summed E-state index contributed by atoms with van der Waals surface area (Å²) in [5.41, 5.74) is -0.916. The lowest BCUT2D eigenvalue weighted by atomic mass is 10.3. The Morgan fingerprint density at radius 1 is 1.25 bits per heavy atom. The van der Waals surface area contributed by atoms with Gasteiger partial charge in [0.15, 0.2) is 0 Å². The fourth-order valence-electron chi connectivity index (χ4n) is 1.66. The summed E-state index contributed by atoms with van der Waals surface area (Å²) in [6.45, 7) is 4.94. The smallest absolute Gasteiger partial charge is 0.329 e. The third-order valence-electron chi connectivity index (χ3n) is 2.82. The molecule has 0 saturated heterocycles. The largest absolute Gasteiger partial charge is 0.338 e. The third kappa shape index (κ3) is 4.91. The number of H-pyrrole nitrogens is 1. The standard InChI is InChI=1S/C13H22N4O3/c1-3-5-7-14-12(19)15-10-9-11(18)17(8-6-4-2)13(20)16-10/h9H,3-8H2,1-2H3,(H,16,20)(H2,14,15,19). The highest BCUT2D eigenvalue weighted by atomic mass is 16.2. The van der Waals surface area contributed by atoms with Crippen LogP contribution >= 0.6 is 0 Å². The first kappa shape index (κ1) is 16.0. The van der Waals surface area contributed by atoms with Crippen LogP contribution in [0, 0.1) is 0 Å². The highest BCUT2D eigenvalue weighted by Crippen LogP contribution is 1.95. The van der Waals surface area contributed by atoms with E-state index in [2.05, 4.69) is 15.6 Å². The molecule has 0 aromatic carbocycles. The predicted octanol–water partition coefficient (Wildman–Crippen LogP) is 1.26. The van der Waals surface area contributed by atoms with Crippen molar-refractivity contribution in [2.45, 2.75) is 46.1 Å². The van der Waals surface area contributed by atoms with E-state index in [4.69, 9.17) is 0 Å². The van der Waals surface area contributed by atoms with E-state index in [0.717, 1.165) is 30.3 Å². The molecule has 0 aliphatic heterocycles. The maximum absolute atomic E-state index is 11.8. The molecule has 7 heteroatoms. The molecule has 2 amide bonds. The second-order valence-electron chi connectivity index (χ2n) is 4.57. The van der Waals surface area contributed by atoms with Crippen molar-refractivity contribution in [2.24, 2.45) is 0 Å². The lowest BCUT2D eigenvalue weighted by molar-refractivity contribution is 0.252. The summed E-state index contributed by atoms with van der Waals surface area (Å²) in [5, 5.41) is 5.09. The van der Waals surface area contributed by atoms with Crippen LogP contribution in [0.2, 0.25) is 0 Å². The van der Waals surface area contributed by atoms with Gasteiger partial charge in [-0.25, -0.2) is 9.59 Å². The van der Waals surface area contributed by atoms with Gasteiger partial charge in [-0.1, -0.05) is 26.7 Å². The summed E-state index contributed by atoms with van der Waals surface area (Å²) < 4.78 is 1.13. The molecule has 1 rings (SSSR count). The Labute approximate surface area is 117 Å². The normalized spacial score (nSPS) is 10.3. The number of urea groups is 1. The van der Waals surface area contributed by atoms with E-state index in [9.17, 15) is 14.4 Å². The summed E-state index contributed by atoms with van der Waals surface area (Å²) in [4.78, 5) is 37.5. The van der Waals surface area contributed by atoms with Crippen LogP contribution in [0.4, 0.5) is 10.6 Å². The fraction of sp³-hybridized carbons (Fsp3) is 0.615. The molecule has 0 bridgehead atoms. The minimum absolute atomic E-state index is 0.113. The number of aromatic nitrogens is 2. The zero-order valence-corrected chi connectivity index (χ0v) is 12.0. The Morgan fingerprint density at radius 2 is 1.95 bits per heavy atom. The number of hydrogen-bond acceptors (Lipinski definition) is 3. The van der Waals surface area contributed by atoms with Crippen molar-refractivity contribution in [3.05, 3.63) is 26.9 Å². The van der Waals surface area contributed by atoms with E-state index >= 15 is 0 Å². The molecule has 0 fully saturated rings. The molecule has 3 N–H and O–H groups in total. The molecule has 0 spiro atoms. The number of rotatable bonds is 7. The molecule has 0 radical (unpaired) electrons. The first-order valence-corrected chi connectivity index (χ1v) is 6.97. The van der Waals surface area contributed by atoms with Gasteiger partial charge in [0.1, 0.15) is 5.82 Å². The number of carbonyl (C=O) groups excluding carboxylic acids is 1. The van der Waals surface area contributed by atoms with Gasteiger partial charge in [-0.2, -0.15) is 0 Å². The number of aromatic amines is 1. The minimum Gasteiger partial charge on any atom is -0.338 e. The van der Waals surface area contributed by atoms with E-state index in [-0.39, 0.29) is 5.82 Å². The van der Waals surface area contributed by atoms with Gasteiger partial charge in [0.05, 0.1) is 0 Å². The molecule has 112 valence electrons. The minimum atomic E-state index is -0.505. The average molecular weight is 282 g/mol. The molecule has 20 heavy (non-hydrogen) atoms. The van der Waals surface area contributed by atoms with Crippen LogP contribution in [0.3, 0.4) is 0 Å². The highest BCUT2D eigenvalue weighted by Gasteiger charge is 2.06. The molecular formula is C13H22N4O3. The van der Waals surface area contributed by atoms with Gasteiger partial charge in [-0.3, -0.25) is 19.7 Å². The van der Waals surface area contributed by atoms with Crippen LogP contribution in [0.25, 0.3) is 0 Å². The number of nitrogens with one attached hydrogen (secondary N) is 3. The number of nitrogens with zero attached hydrogens (tertiary/aromatic N) is 1. The summed E-state index contributed by atoms with van der Waals surface area (Å²) in [5.74, 6) is 0.113. The van der Waals surface area contributed by atoms with Crippen molar-refractivity contribution in [1.29, 1.82) is 0 Å². The molecule has 0 saturated carbocycles. The summed E-state index contributed by atoms with van der Waals surface area (Å²) in [7, 11) is 0. The Kier molecular flexibility index (Phi) is 6.55. The van der Waals surface area contributed by atoms with E-state index in [1.807, 2.05) is 13.8 Å². The van der Waals surface area contributed by atoms with E-state index in [0.29, 0.717) is 13.1 Å². The molecule has 0 aliphatic carbocycles. The Balaban J connectivity index is 2.71. The summed E-state index contributed by atoms with van der Waals surface area (Å²) in [6, 6.07) is 0.788. The molecule has 1 aromatic heterocycles. The molecule has 0 atom stereocenters. The summed E-state index contributed by atoms with van der Waals surface area (Å²) in [6.07, 6.45) is 3.51. The number of carbonyl (C=O) groups is 1. The monoisotopic (exact) mass is 282 g/mol. The van der Waals surface area contributed by atoms with Crippen LogP contribution in [-0.4, -0.2) is 22.1 Å². The number of hydrogen-bond donors (Lipinski definition) is 3. The molecular weight excluding hydrogens is 260 g/mol. The van der Waals surface area contributed by atoms with Gasteiger partial charge in [0.25, 0.3) is 5.56 Å². The zero-order chi connectivity index (χ0) is 15.0. The van der Waals surface area contributed by atoms with Gasteiger partial charge in [0, 0.05) is 19.2 Å². The number of unbranched alkanes of at least 4 members (excludes halogenated alkanes) is 2. The van der Waals surface area contributed by atoms with E-state index in [1.165, 1.54) is 6.07 Å². The molecule has 1 aromatic rings. The molecule has 7 nitrogen and oxygen atoms in total. The van der Waals surface area contributed by atoms with Crippen molar-refractivity contribution < 1.29 is 4.79 Å². The molecule has 1 heterocycles. The fourth-order valence-corrected chi connectivity index (χ4v) is 1.66. The van der Waals surface area contributed by atoms with Gasteiger partial charge in [-0.15, -0.1) is 0 Å². The lowest BCUT2D eigenvalue weighted by Crippen LogP contribution is -2.37. The quantitative estimate of drug-likeness (QED) is 0.657. The highest BCUT2D eigenvalue weighted by molar-refractivity contribution is 5.87. The van der Waals surface area contributed by atoms with Crippen molar-refractivity contribution in [3.8, 4) is 0 Å². The van der Waals surface area contributed by atoms with Crippen LogP contribution in [-0.2, 0) is 6.54 Å². The average Bonchev–Trinajstić information content (AvgIpc) is 2.38. The maximum Gasteiger partial charge on any atom is 0.329 e. The van der Waals surface area contributed by atoms with Crippen molar-refractivity contribution in [1.82, 2.24) is 14.9 Å². The van der Waals surface area contributed by atoms with E-state index < -0.39 is 17.3 Å². The maximum atomic E-state index is 11.8. The van der Waals surface area contributed by atoms with Crippen molar-refractivity contribution in [2.75, 3.05) is 11.9 Å². The second-order valence-corrected chi connectivity index (χ2v) is 4.57. The first-order chi connectivity index (χ1) is 9.58. The zero-order valence-electron chi connectivity index (χ0n) is 12.0.